The number of nitrogens with two attached hydrogens (primary N) is 1. The number of ether oxygens (including phenoxy) is 1. The summed E-state index contributed by atoms with van der Waals surface area (Å²) in [5.74, 6) is -0.134. The number of piperazine rings is 1. The van der Waals surface area contributed by atoms with Gasteiger partial charge in [0, 0.05) is 49.1 Å². The molecule has 2 saturated heterocycles. The molecular formula is C22H31N9O5P+. The van der Waals surface area contributed by atoms with E-state index in [4.69, 9.17) is 15.0 Å². The quantitative estimate of drug-likeness (QED) is 0.292. The topological polar surface area (TPSA) is 172 Å². The van der Waals surface area contributed by atoms with Crippen LogP contribution in [-0.4, -0.2) is 112 Å². The van der Waals surface area contributed by atoms with Gasteiger partial charge >= 0.3 is 8.18 Å². The number of nitrogens with zero attached hydrogens (tertiary/aromatic N) is 6. The number of benzene rings is 1. The van der Waals surface area contributed by atoms with Crippen LogP contribution in [0.4, 0.5) is 0 Å². The van der Waals surface area contributed by atoms with Crippen LogP contribution in [-0.2, 0) is 18.6 Å². The second kappa shape index (κ2) is 12.3. The Kier molecular flexibility index (Phi) is 8.90. The number of aromatic amines is 1. The Labute approximate surface area is 215 Å². The monoisotopic (exact) mass is 532 g/mol. The van der Waals surface area contributed by atoms with Gasteiger partial charge in [0.25, 0.3) is 5.91 Å². The van der Waals surface area contributed by atoms with Crippen LogP contribution >= 0.6 is 8.18 Å². The van der Waals surface area contributed by atoms with Crippen LogP contribution in [0.5, 0.6) is 0 Å². The number of amides is 2. The molecule has 15 heteroatoms. The second-order valence-corrected chi connectivity index (χ2v) is 10.2. The summed E-state index contributed by atoms with van der Waals surface area (Å²) in [5, 5.41) is 16.8. The molecule has 2 aliphatic rings. The number of likely N-dealkylation sites (N-methyl/N-ethyl adjacent to an activating group) is 1. The number of primary amides is 1. The molecule has 2 fully saturated rings. The summed E-state index contributed by atoms with van der Waals surface area (Å²) in [6, 6.07) is 7.02. The summed E-state index contributed by atoms with van der Waals surface area (Å²) in [6.07, 6.45) is 0.888. The van der Waals surface area contributed by atoms with Crippen LogP contribution in [0, 0.1) is 0 Å². The first kappa shape index (κ1) is 26.8. The lowest BCUT2D eigenvalue weighted by Crippen LogP contribution is -2.52. The summed E-state index contributed by atoms with van der Waals surface area (Å²) in [6.45, 7) is 4.76. The van der Waals surface area contributed by atoms with Crippen molar-refractivity contribution in [1.82, 2.24) is 40.4 Å². The van der Waals surface area contributed by atoms with E-state index in [0.717, 1.165) is 5.56 Å². The molecule has 4 rings (SSSR count). The van der Waals surface area contributed by atoms with E-state index in [1.165, 1.54) is 6.20 Å². The number of carbonyl (C=O) groups is 2. The lowest BCUT2D eigenvalue weighted by Gasteiger charge is -2.35. The van der Waals surface area contributed by atoms with Crippen molar-refractivity contribution in [2.75, 3.05) is 52.9 Å². The standard InChI is InChI=1S/C22H30N9O5P/c1-15(20(23)32)11-24-19-13-29(2)12-18(36-19)14-35-37(34)31-9-7-30(8-10-31)22(33)17-5-3-16(4-6-17)21-25-27-28-26-21/h3-6,11,18-19H,7-10,12-14H2,1-2H3,(H3-,23,24,25,26,27,28,32,33)/p+1/t18-,19?/m0/s1. The lowest BCUT2D eigenvalue weighted by molar-refractivity contribution is -0.114. The predicted octanol–water partition coefficient (Wildman–Crippen LogP) is -0.0661. The van der Waals surface area contributed by atoms with Gasteiger partial charge in [-0.3, -0.25) is 14.5 Å². The molecule has 0 spiro atoms. The molecule has 4 N–H and O–H groups in total. The highest BCUT2D eigenvalue weighted by Gasteiger charge is 2.37. The van der Waals surface area contributed by atoms with Crippen LogP contribution in [0.15, 0.2) is 36.0 Å². The van der Waals surface area contributed by atoms with Gasteiger partial charge in [-0.25, -0.2) is 0 Å². The van der Waals surface area contributed by atoms with Crippen molar-refractivity contribution in [3.63, 3.8) is 0 Å². The molecule has 0 bridgehead atoms. The number of nitrogens with one attached hydrogen (secondary N) is 2. The van der Waals surface area contributed by atoms with Crippen LogP contribution in [0.1, 0.15) is 17.3 Å². The summed E-state index contributed by atoms with van der Waals surface area (Å²) in [4.78, 5) is 27.9. The number of hydrogen-bond acceptors (Lipinski definition) is 10. The molecule has 198 valence electrons. The van der Waals surface area contributed by atoms with Gasteiger partial charge in [0.1, 0.15) is 18.9 Å². The van der Waals surface area contributed by atoms with E-state index < -0.39 is 14.1 Å². The third-order valence-corrected chi connectivity index (χ3v) is 7.34. The molecule has 0 aliphatic carbocycles. The van der Waals surface area contributed by atoms with Crippen LogP contribution < -0.4 is 11.1 Å². The molecule has 1 aromatic carbocycles. The van der Waals surface area contributed by atoms with Crippen molar-refractivity contribution in [1.29, 1.82) is 0 Å². The molecule has 0 radical (unpaired) electrons. The molecule has 0 saturated carbocycles. The Morgan fingerprint density at radius 3 is 2.62 bits per heavy atom. The van der Waals surface area contributed by atoms with Gasteiger partial charge < -0.3 is 20.7 Å². The SMILES string of the molecule is C/C(=C/NC1CN(C)C[C@@H](CO[P+](=O)N2CCN(C(=O)c3ccc(-c4nn[nH]n4)cc3)CC2)O1)C(N)=O. The number of carbonyl (C=O) groups excluding carboxylic acids is 2. The van der Waals surface area contributed by atoms with Gasteiger partial charge in [-0.2, -0.15) is 5.21 Å². The van der Waals surface area contributed by atoms with Gasteiger partial charge in [0.2, 0.25) is 11.7 Å². The van der Waals surface area contributed by atoms with Crippen molar-refractivity contribution >= 4 is 20.0 Å². The van der Waals surface area contributed by atoms with Gasteiger partial charge in [-0.15, -0.1) is 14.7 Å². The smallest absolute Gasteiger partial charge is 0.366 e. The van der Waals surface area contributed by atoms with E-state index >= 15 is 0 Å². The third kappa shape index (κ3) is 7.14. The zero-order valence-electron chi connectivity index (χ0n) is 20.7. The number of rotatable bonds is 9. The maximum atomic E-state index is 12.9. The number of H-pyrrole nitrogens is 1. The largest absolute Gasteiger partial charge is 0.615 e. The molecule has 1 aromatic heterocycles. The van der Waals surface area contributed by atoms with E-state index in [1.54, 1.807) is 40.8 Å². The number of tetrazole rings is 1. The molecule has 2 aromatic rings. The normalized spacial score (nSPS) is 22.1. The third-order valence-electron chi connectivity index (χ3n) is 6.10. The average Bonchev–Trinajstić information content (AvgIpc) is 3.45. The van der Waals surface area contributed by atoms with Crippen molar-refractivity contribution in [3.8, 4) is 11.4 Å². The Morgan fingerprint density at radius 2 is 1.97 bits per heavy atom. The fourth-order valence-electron chi connectivity index (χ4n) is 4.02. The predicted molar refractivity (Wildman–Crippen MR) is 133 cm³/mol. The number of aromatic nitrogens is 4. The van der Waals surface area contributed by atoms with E-state index in [9.17, 15) is 14.2 Å². The zero-order chi connectivity index (χ0) is 26.4. The first-order valence-corrected chi connectivity index (χ1v) is 13.0. The van der Waals surface area contributed by atoms with Crippen molar-refractivity contribution in [2.45, 2.75) is 19.3 Å². The van der Waals surface area contributed by atoms with Crippen molar-refractivity contribution in [2.24, 2.45) is 5.73 Å². The first-order valence-electron chi connectivity index (χ1n) is 11.8. The molecule has 14 nitrogen and oxygen atoms in total. The van der Waals surface area contributed by atoms with Gasteiger partial charge in [0.05, 0.1) is 13.1 Å². The highest BCUT2D eigenvalue weighted by molar-refractivity contribution is 7.36. The Hall–Kier alpha value is -3.29. The van der Waals surface area contributed by atoms with E-state index in [2.05, 4.69) is 30.8 Å². The minimum Gasteiger partial charge on any atom is -0.366 e. The highest BCUT2D eigenvalue weighted by Crippen LogP contribution is 2.30. The van der Waals surface area contributed by atoms with Crippen molar-refractivity contribution < 1.29 is 23.4 Å². The van der Waals surface area contributed by atoms with Crippen LogP contribution in [0.25, 0.3) is 11.4 Å². The average molecular weight is 533 g/mol. The minimum absolute atomic E-state index is 0.0896. The summed E-state index contributed by atoms with van der Waals surface area (Å²) in [7, 11) is -0.118. The van der Waals surface area contributed by atoms with E-state index in [1.807, 2.05) is 7.05 Å². The number of morpholine rings is 1. The van der Waals surface area contributed by atoms with Gasteiger partial charge in [-0.1, -0.05) is 16.8 Å². The Bertz CT molecular complexity index is 1120. The Morgan fingerprint density at radius 1 is 1.24 bits per heavy atom. The minimum atomic E-state index is -2.07. The molecule has 2 amide bonds. The fourth-order valence-corrected chi connectivity index (χ4v) is 4.98. The maximum Gasteiger partial charge on any atom is 0.615 e. The fraction of sp³-hybridized carbons (Fsp3) is 0.500. The van der Waals surface area contributed by atoms with E-state index in [-0.39, 0.29) is 24.8 Å². The van der Waals surface area contributed by atoms with E-state index in [0.29, 0.717) is 56.2 Å². The van der Waals surface area contributed by atoms with Crippen LogP contribution in [0.3, 0.4) is 0 Å². The first-order chi connectivity index (χ1) is 17.8. The molecule has 37 heavy (non-hydrogen) atoms. The summed E-state index contributed by atoms with van der Waals surface area (Å²) < 4.78 is 26.1. The maximum absolute atomic E-state index is 12.9. The summed E-state index contributed by atoms with van der Waals surface area (Å²) in [5.41, 5.74) is 6.97. The molecule has 3 atom stereocenters. The Balaban J connectivity index is 1.22. The molecule has 2 aliphatic heterocycles. The highest BCUT2D eigenvalue weighted by atomic mass is 31.1. The summed E-state index contributed by atoms with van der Waals surface area (Å²) >= 11 is 0. The lowest BCUT2D eigenvalue weighted by atomic mass is 10.1. The second-order valence-electron chi connectivity index (χ2n) is 8.92. The molecule has 3 heterocycles. The van der Waals surface area contributed by atoms with Crippen LogP contribution in [0.2, 0.25) is 0 Å². The number of hydrogen-bond donors (Lipinski definition) is 3. The van der Waals surface area contributed by atoms with Gasteiger partial charge in [-0.05, 0) is 35.9 Å². The molecular weight excluding hydrogens is 501 g/mol. The molecule has 2 unspecified atom stereocenters. The van der Waals surface area contributed by atoms with Crippen molar-refractivity contribution in [3.05, 3.63) is 41.6 Å². The van der Waals surface area contributed by atoms with Gasteiger partial charge in [0.15, 0.2) is 0 Å². The zero-order valence-corrected chi connectivity index (χ0v) is 21.6.